The molecule has 1 fully saturated rings. The molecule has 1 aliphatic carbocycles. The molecule has 1 amide bonds. The number of carbonyl (C=O) groups excluding carboxylic acids is 1. The molecule has 1 unspecified atom stereocenters. The molecule has 40 heavy (non-hydrogen) atoms. The molecule has 6 rings (SSSR count). The molecule has 11 heteroatoms. The van der Waals surface area contributed by atoms with Gasteiger partial charge in [0.25, 0.3) is 0 Å². The molecule has 0 spiro atoms. The number of ether oxygens (including phenoxy) is 2. The molecule has 0 radical (unpaired) electrons. The Hall–Kier alpha value is -3.83. The molecule has 10 nitrogen and oxygen atoms in total. The van der Waals surface area contributed by atoms with Gasteiger partial charge in [0.2, 0.25) is 0 Å². The molecule has 1 saturated carbocycles. The highest BCUT2D eigenvalue weighted by molar-refractivity contribution is 6.33. The van der Waals surface area contributed by atoms with Gasteiger partial charge in [-0.15, -0.1) is 9.90 Å². The Morgan fingerprint density at radius 2 is 2.08 bits per heavy atom. The number of fused-ring (bicyclic) bond motifs is 1. The van der Waals surface area contributed by atoms with Gasteiger partial charge in [-0.3, -0.25) is 4.79 Å². The molecule has 3 heterocycles. The van der Waals surface area contributed by atoms with Crippen LogP contribution in [0.1, 0.15) is 58.0 Å². The van der Waals surface area contributed by atoms with E-state index >= 15 is 0 Å². The number of nitrogens with zero attached hydrogens (tertiary/aromatic N) is 3. The molecule has 206 valence electrons. The number of hydrogen-bond donors (Lipinski definition) is 0. The van der Waals surface area contributed by atoms with E-state index in [0.29, 0.717) is 46.7 Å². The number of amides is 1. The van der Waals surface area contributed by atoms with Gasteiger partial charge in [0, 0.05) is 27.8 Å². The summed E-state index contributed by atoms with van der Waals surface area (Å²) in [7, 11) is 1.41. The predicted molar refractivity (Wildman–Crippen MR) is 144 cm³/mol. The highest BCUT2D eigenvalue weighted by Gasteiger charge is 2.35. The summed E-state index contributed by atoms with van der Waals surface area (Å²) >= 11 is 6.58. The zero-order valence-corrected chi connectivity index (χ0v) is 22.6. The van der Waals surface area contributed by atoms with Crippen molar-refractivity contribution in [3.8, 4) is 17.0 Å². The van der Waals surface area contributed by atoms with Gasteiger partial charge in [-0.2, -0.15) is 5.06 Å². The molecule has 0 saturated heterocycles. The molecule has 0 N–H and O–H groups in total. The van der Waals surface area contributed by atoms with Crippen molar-refractivity contribution >= 4 is 17.5 Å². The van der Waals surface area contributed by atoms with E-state index in [1.807, 2.05) is 25.1 Å². The minimum Gasteiger partial charge on any atom is -0.455 e. The van der Waals surface area contributed by atoms with E-state index in [1.165, 1.54) is 18.2 Å². The van der Waals surface area contributed by atoms with E-state index in [2.05, 4.69) is 10.3 Å². The van der Waals surface area contributed by atoms with Gasteiger partial charge in [-0.1, -0.05) is 35.0 Å². The van der Waals surface area contributed by atoms with Gasteiger partial charge < -0.3 is 14.0 Å². The molecule has 3 aliphatic rings. The third-order valence-electron chi connectivity index (χ3n) is 7.22. The lowest BCUT2D eigenvalue weighted by molar-refractivity contribution is -0.428. The smallest absolute Gasteiger partial charge is 0.316 e. The van der Waals surface area contributed by atoms with Crippen molar-refractivity contribution in [3.63, 3.8) is 0 Å². The van der Waals surface area contributed by atoms with Crippen LogP contribution in [-0.2, 0) is 27.6 Å². The number of allylic oxidation sites excluding steroid dienone is 2. The number of halogens is 1. The van der Waals surface area contributed by atoms with Crippen molar-refractivity contribution < 1.29 is 28.7 Å². The van der Waals surface area contributed by atoms with Crippen LogP contribution in [0.5, 0.6) is 5.75 Å². The second kappa shape index (κ2) is 11.0. The standard InChI is InChI=1S/C29H26ClN3O7/c1-16-4-3-5-21(30)26(16)27-20(28(39-32-27)18-7-8-18)15-37-25-13-12-23-22(33(25)40-36-2)11-10-17-6-9-19(29(34)31-35)14-24(17)38-23/h3-6,9,12-14,18,25H,7-8,10-11,15H2,1-2H3. The van der Waals surface area contributed by atoms with Gasteiger partial charge in [0.05, 0.1) is 24.4 Å². The highest BCUT2D eigenvalue weighted by atomic mass is 35.5. The Balaban J connectivity index is 1.27. The maximum Gasteiger partial charge on any atom is 0.316 e. The lowest BCUT2D eigenvalue weighted by Crippen LogP contribution is -2.38. The molecule has 1 aromatic heterocycles. The summed E-state index contributed by atoms with van der Waals surface area (Å²) in [6, 6.07) is 10.6. The van der Waals surface area contributed by atoms with Crippen LogP contribution >= 0.6 is 11.6 Å². The van der Waals surface area contributed by atoms with E-state index in [4.69, 9.17) is 35.5 Å². The molecular formula is C29H26ClN3O7. The number of nitroso groups, excluding NO2 is 1. The number of carbonyl (C=O) groups is 1. The van der Waals surface area contributed by atoms with Crippen LogP contribution in [0.3, 0.4) is 0 Å². The quantitative estimate of drug-likeness (QED) is 0.171. The summed E-state index contributed by atoms with van der Waals surface area (Å²) in [5.41, 5.74) is 5.08. The van der Waals surface area contributed by atoms with Crippen molar-refractivity contribution in [2.75, 3.05) is 7.11 Å². The average Bonchev–Trinajstić information content (AvgIpc) is 3.75. The van der Waals surface area contributed by atoms with Crippen molar-refractivity contribution in [1.82, 2.24) is 10.2 Å². The molecular weight excluding hydrogens is 538 g/mol. The Labute approximate surface area is 234 Å². The maximum atomic E-state index is 11.8. The zero-order valence-electron chi connectivity index (χ0n) is 21.9. The fourth-order valence-electron chi connectivity index (χ4n) is 5.06. The van der Waals surface area contributed by atoms with Crippen LogP contribution < -0.4 is 4.74 Å². The SMILES string of the molecule is COON1C2=C(C=CC1OCc1c(-c3c(C)cccc3Cl)noc1C1CC1)Oc1cc(C(=O)N=O)ccc1CC2. The Morgan fingerprint density at radius 3 is 2.83 bits per heavy atom. The van der Waals surface area contributed by atoms with E-state index < -0.39 is 12.1 Å². The minimum atomic E-state index is -0.854. The number of aryl methyl sites for hydroxylation is 2. The van der Waals surface area contributed by atoms with Crippen LogP contribution in [0, 0.1) is 11.8 Å². The van der Waals surface area contributed by atoms with Crippen molar-refractivity contribution in [2.24, 2.45) is 5.18 Å². The molecule has 0 bridgehead atoms. The van der Waals surface area contributed by atoms with Crippen LogP contribution in [-0.4, -0.2) is 29.5 Å². The summed E-state index contributed by atoms with van der Waals surface area (Å²) < 4.78 is 18.4. The number of hydrogen-bond acceptors (Lipinski definition) is 9. The van der Waals surface area contributed by atoms with Gasteiger partial charge >= 0.3 is 5.91 Å². The van der Waals surface area contributed by atoms with Crippen LogP contribution in [0.2, 0.25) is 5.02 Å². The number of benzene rings is 2. The second-order valence-corrected chi connectivity index (χ2v) is 10.2. The third kappa shape index (κ3) is 4.95. The Morgan fingerprint density at radius 1 is 1.23 bits per heavy atom. The van der Waals surface area contributed by atoms with Crippen LogP contribution in [0.15, 0.2) is 69.7 Å². The lowest BCUT2D eigenvalue weighted by Gasteiger charge is -2.33. The summed E-state index contributed by atoms with van der Waals surface area (Å²) in [6.07, 6.45) is 6.14. The first-order chi connectivity index (χ1) is 19.5. The second-order valence-electron chi connectivity index (χ2n) is 9.84. The Kier molecular flexibility index (Phi) is 7.24. The minimum absolute atomic E-state index is 0.161. The molecule has 3 aromatic rings. The van der Waals surface area contributed by atoms with Gasteiger partial charge in [0.15, 0.2) is 6.23 Å². The monoisotopic (exact) mass is 563 g/mol. The fraction of sp³-hybridized carbons (Fsp3) is 0.310. The van der Waals surface area contributed by atoms with E-state index in [9.17, 15) is 9.70 Å². The summed E-state index contributed by atoms with van der Waals surface area (Å²) in [4.78, 5) is 33.2. The van der Waals surface area contributed by atoms with Crippen LogP contribution in [0.25, 0.3) is 11.3 Å². The highest BCUT2D eigenvalue weighted by Crippen LogP contribution is 2.46. The first-order valence-corrected chi connectivity index (χ1v) is 13.3. The lowest BCUT2D eigenvalue weighted by atomic mass is 10.0. The van der Waals surface area contributed by atoms with E-state index in [-0.39, 0.29) is 12.2 Å². The summed E-state index contributed by atoms with van der Waals surface area (Å²) in [5, 5.41) is 9.03. The predicted octanol–water partition coefficient (Wildman–Crippen LogP) is 6.53. The average molecular weight is 564 g/mol. The third-order valence-corrected chi connectivity index (χ3v) is 7.54. The molecule has 1 atom stereocenters. The summed E-state index contributed by atoms with van der Waals surface area (Å²) in [6.45, 7) is 2.18. The van der Waals surface area contributed by atoms with Crippen molar-refractivity contribution in [1.29, 1.82) is 0 Å². The maximum absolute atomic E-state index is 11.8. The number of hydroxylamine groups is 2. The van der Waals surface area contributed by atoms with Gasteiger partial charge in [0.1, 0.15) is 23.0 Å². The first-order valence-electron chi connectivity index (χ1n) is 12.9. The Bertz CT molecular complexity index is 1520. The van der Waals surface area contributed by atoms with Gasteiger partial charge in [-0.25, -0.2) is 4.89 Å². The normalized spacial score (nSPS) is 18.2. The fourth-order valence-corrected chi connectivity index (χ4v) is 5.37. The summed E-state index contributed by atoms with van der Waals surface area (Å²) in [5.74, 6) is 1.25. The van der Waals surface area contributed by atoms with Crippen molar-refractivity contribution in [3.05, 3.63) is 98.0 Å². The van der Waals surface area contributed by atoms with Crippen LogP contribution in [0.4, 0.5) is 0 Å². The largest absolute Gasteiger partial charge is 0.455 e. The first kappa shape index (κ1) is 26.4. The number of rotatable bonds is 8. The van der Waals surface area contributed by atoms with E-state index in [1.54, 1.807) is 24.3 Å². The zero-order chi connectivity index (χ0) is 27.8. The topological polar surface area (TPSA) is 113 Å². The van der Waals surface area contributed by atoms with Crippen molar-refractivity contribution in [2.45, 2.75) is 51.4 Å². The number of aromatic nitrogens is 1. The van der Waals surface area contributed by atoms with Gasteiger partial charge in [-0.05, 0) is 74.1 Å². The molecule has 2 aromatic carbocycles. The van der Waals surface area contributed by atoms with E-state index in [0.717, 1.165) is 40.9 Å². The molecule has 2 aliphatic heterocycles.